The van der Waals surface area contributed by atoms with Crippen LogP contribution in [-0.4, -0.2) is 12.1 Å². The third-order valence-corrected chi connectivity index (χ3v) is 2.02. The second-order valence-corrected chi connectivity index (χ2v) is 2.74. The van der Waals surface area contributed by atoms with Crippen molar-refractivity contribution < 1.29 is 4.79 Å². The van der Waals surface area contributed by atoms with E-state index in [4.69, 9.17) is 0 Å². The van der Waals surface area contributed by atoms with Crippen LogP contribution in [0.15, 0.2) is 0 Å². The van der Waals surface area contributed by atoms with Crippen molar-refractivity contribution >= 4 is 28.9 Å². The zero-order valence-corrected chi connectivity index (χ0v) is 7.14. The Morgan fingerprint density at radius 3 is 2.56 bits per heavy atom. The maximum absolute atomic E-state index is 10.6. The summed E-state index contributed by atoms with van der Waals surface area (Å²) in [5.41, 5.74) is 0. The van der Waals surface area contributed by atoms with Crippen molar-refractivity contribution in [2.45, 2.75) is 25.3 Å². The average molecular weight is 240 g/mol. The second kappa shape index (κ2) is 3.24. The van der Waals surface area contributed by atoms with Gasteiger partial charge in [0, 0.05) is 6.04 Å². The Morgan fingerprint density at radius 1 is 1.56 bits per heavy atom. The van der Waals surface area contributed by atoms with Crippen LogP contribution in [0.2, 0.25) is 0 Å². The lowest BCUT2D eigenvalue weighted by Crippen LogP contribution is -2.42. The van der Waals surface area contributed by atoms with Gasteiger partial charge >= 0.3 is 6.03 Å². The van der Waals surface area contributed by atoms with Crippen LogP contribution in [0.3, 0.4) is 0 Å². The van der Waals surface area contributed by atoms with E-state index in [2.05, 4.69) is 8.85 Å². The van der Waals surface area contributed by atoms with Crippen LogP contribution in [0.25, 0.3) is 0 Å². The SMILES string of the molecule is O=C(NI)NC1CCC1. The van der Waals surface area contributed by atoms with Crippen LogP contribution in [-0.2, 0) is 0 Å². The van der Waals surface area contributed by atoms with Crippen LogP contribution < -0.4 is 8.85 Å². The molecule has 0 aromatic carbocycles. The monoisotopic (exact) mass is 240 g/mol. The molecule has 52 valence electrons. The van der Waals surface area contributed by atoms with Gasteiger partial charge in [-0.05, 0) is 19.3 Å². The van der Waals surface area contributed by atoms with E-state index in [0.29, 0.717) is 6.04 Å². The van der Waals surface area contributed by atoms with Crippen LogP contribution in [0.4, 0.5) is 4.79 Å². The van der Waals surface area contributed by atoms with Crippen LogP contribution in [0.5, 0.6) is 0 Å². The lowest BCUT2D eigenvalue weighted by Gasteiger charge is -2.25. The number of hydrogen-bond donors (Lipinski definition) is 2. The van der Waals surface area contributed by atoms with E-state index in [1.807, 2.05) is 22.9 Å². The van der Waals surface area contributed by atoms with Crippen LogP contribution in [0, 0.1) is 0 Å². The minimum Gasteiger partial charge on any atom is -0.335 e. The van der Waals surface area contributed by atoms with E-state index < -0.39 is 0 Å². The average Bonchev–Trinajstić information content (AvgIpc) is 1.78. The van der Waals surface area contributed by atoms with Gasteiger partial charge < -0.3 is 5.32 Å². The summed E-state index contributed by atoms with van der Waals surface area (Å²) in [4.78, 5) is 10.6. The molecule has 0 unspecified atom stereocenters. The minimum atomic E-state index is -0.0692. The van der Waals surface area contributed by atoms with Gasteiger partial charge in [0.15, 0.2) is 0 Å². The molecule has 0 bridgehead atoms. The number of rotatable bonds is 1. The van der Waals surface area contributed by atoms with Gasteiger partial charge in [0.05, 0.1) is 22.9 Å². The molecule has 2 amide bonds. The van der Waals surface area contributed by atoms with Gasteiger partial charge in [-0.1, -0.05) is 0 Å². The van der Waals surface area contributed by atoms with Crippen LogP contribution in [0.1, 0.15) is 19.3 Å². The van der Waals surface area contributed by atoms with E-state index in [0.717, 1.165) is 12.8 Å². The van der Waals surface area contributed by atoms with E-state index in [1.54, 1.807) is 0 Å². The molecule has 4 heteroatoms. The van der Waals surface area contributed by atoms with Crippen molar-refractivity contribution in [1.82, 2.24) is 8.85 Å². The Morgan fingerprint density at radius 2 is 2.22 bits per heavy atom. The second-order valence-electron chi connectivity index (χ2n) is 2.20. The molecule has 0 heterocycles. The molecule has 3 nitrogen and oxygen atoms in total. The summed E-state index contributed by atoms with van der Waals surface area (Å²) < 4.78 is 2.48. The highest BCUT2D eigenvalue weighted by Crippen LogP contribution is 2.17. The summed E-state index contributed by atoms with van der Waals surface area (Å²) in [5.74, 6) is 0. The predicted octanol–water partition coefficient (Wildman–Crippen LogP) is 1.19. The fraction of sp³-hybridized carbons (Fsp3) is 0.800. The zero-order chi connectivity index (χ0) is 6.69. The number of hydrogen-bond acceptors (Lipinski definition) is 1. The third-order valence-electron chi connectivity index (χ3n) is 1.53. The molecule has 0 aromatic heterocycles. The summed E-state index contributed by atoms with van der Waals surface area (Å²) in [5, 5.41) is 2.81. The van der Waals surface area contributed by atoms with Crippen molar-refractivity contribution in [3.63, 3.8) is 0 Å². The fourth-order valence-electron chi connectivity index (χ4n) is 0.765. The normalized spacial score (nSPS) is 18.3. The minimum absolute atomic E-state index is 0.0692. The fourth-order valence-corrected chi connectivity index (χ4v) is 0.921. The number of nitrogens with one attached hydrogen (secondary N) is 2. The highest BCUT2D eigenvalue weighted by molar-refractivity contribution is 14.1. The van der Waals surface area contributed by atoms with Crippen molar-refractivity contribution in [2.24, 2.45) is 0 Å². The van der Waals surface area contributed by atoms with Crippen molar-refractivity contribution in [1.29, 1.82) is 0 Å². The molecule has 9 heavy (non-hydrogen) atoms. The Kier molecular flexibility index (Phi) is 2.56. The summed E-state index contributed by atoms with van der Waals surface area (Å²) in [6.45, 7) is 0. The summed E-state index contributed by atoms with van der Waals surface area (Å²) in [6, 6.07) is 0.375. The van der Waals surface area contributed by atoms with Gasteiger partial charge in [0.2, 0.25) is 0 Å². The molecule has 0 radical (unpaired) electrons. The van der Waals surface area contributed by atoms with E-state index in [9.17, 15) is 4.79 Å². The number of carbonyl (C=O) groups excluding carboxylic acids is 1. The van der Waals surface area contributed by atoms with Crippen LogP contribution >= 0.6 is 22.9 Å². The molecule has 0 spiro atoms. The highest BCUT2D eigenvalue weighted by Gasteiger charge is 2.18. The highest BCUT2D eigenvalue weighted by atomic mass is 127. The predicted molar refractivity (Wildman–Crippen MR) is 43.3 cm³/mol. The standard InChI is InChI=1S/C5H9IN2O/c6-8-5(9)7-4-2-1-3-4/h4H,1-3H2,(H2,7,8,9). The molecule has 2 N–H and O–H groups in total. The Labute approximate surface area is 68.1 Å². The first-order valence-electron chi connectivity index (χ1n) is 3.00. The van der Waals surface area contributed by atoms with Crippen molar-refractivity contribution in [3.8, 4) is 0 Å². The van der Waals surface area contributed by atoms with E-state index in [-0.39, 0.29) is 6.03 Å². The maximum Gasteiger partial charge on any atom is 0.323 e. The molecular weight excluding hydrogens is 231 g/mol. The summed E-state index contributed by atoms with van der Waals surface area (Å²) >= 11 is 1.83. The Bertz CT molecular complexity index is 114. The molecule has 1 aliphatic carbocycles. The topological polar surface area (TPSA) is 41.1 Å². The molecule has 1 fully saturated rings. The van der Waals surface area contributed by atoms with Gasteiger partial charge in [-0.15, -0.1) is 0 Å². The Balaban J connectivity index is 2.09. The number of urea groups is 1. The smallest absolute Gasteiger partial charge is 0.323 e. The van der Waals surface area contributed by atoms with Gasteiger partial charge in [0.25, 0.3) is 0 Å². The van der Waals surface area contributed by atoms with E-state index >= 15 is 0 Å². The van der Waals surface area contributed by atoms with Gasteiger partial charge in [0.1, 0.15) is 0 Å². The summed E-state index contributed by atoms with van der Waals surface area (Å²) in [7, 11) is 0. The lowest BCUT2D eigenvalue weighted by atomic mass is 9.93. The van der Waals surface area contributed by atoms with Gasteiger partial charge in [-0.2, -0.15) is 0 Å². The molecule has 0 aromatic rings. The largest absolute Gasteiger partial charge is 0.335 e. The van der Waals surface area contributed by atoms with E-state index in [1.165, 1.54) is 6.42 Å². The first kappa shape index (κ1) is 7.11. The van der Waals surface area contributed by atoms with Gasteiger partial charge in [-0.3, -0.25) is 3.53 Å². The summed E-state index contributed by atoms with van der Waals surface area (Å²) in [6.07, 6.45) is 3.54. The molecular formula is C5H9IN2O. The number of carbonyl (C=O) groups is 1. The molecule has 0 aliphatic heterocycles. The van der Waals surface area contributed by atoms with Gasteiger partial charge in [-0.25, -0.2) is 4.79 Å². The molecule has 1 aliphatic rings. The first-order chi connectivity index (χ1) is 4.33. The Hall–Kier alpha value is -0.0000000000000000555. The molecule has 0 atom stereocenters. The zero-order valence-electron chi connectivity index (χ0n) is 4.98. The molecule has 0 saturated heterocycles. The maximum atomic E-state index is 10.6. The number of amides is 2. The molecule has 1 rings (SSSR count). The van der Waals surface area contributed by atoms with Crippen molar-refractivity contribution in [3.05, 3.63) is 0 Å². The van der Waals surface area contributed by atoms with Crippen molar-refractivity contribution in [2.75, 3.05) is 0 Å². The number of halogens is 1. The molecule has 1 saturated carbocycles. The quantitative estimate of drug-likeness (QED) is 0.524. The third kappa shape index (κ3) is 2.00. The lowest BCUT2D eigenvalue weighted by molar-refractivity contribution is 0.235. The first-order valence-corrected chi connectivity index (χ1v) is 4.08.